The van der Waals surface area contributed by atoms with Crippen molar-refractivity contribution in [3.63, 3.8) is 0 Å². The van der Waals surface area contributed by atoms with Crippen LogP contribution in [0.1, 0.15) is 13.8 Å². The minimum absolute atomic E-state index is 0.131. The van der Waals surface area contributed by atoms with Gasteiger partial charge in [-0.15, -0.1) is 10.2 Å². The van der Waals surface area contributed by atoms with Gasteiger partial charge in [-0.1, -0.05) is 11.3 Å². The Bertz CT molecular complexity index is 243. The normalized spacial score (nSPS) is 12.1. The average Bonchev–Trinajstić information content (AvgIpc) is 2.52. The molecule has 1 aromatic heterocycles. The Hall–Kier alpha value is -0.680. The van der Waals surface area contributed by atoms with E-state index >= 15 is 0 Å². The maximum absolute atomic E-state index is 3.92. The Morgan fingerprint density at radius 3 is 2.69 bits per heavy atom. The first-order valence-corrected chi connectivity index (χ1v) is 5.08. The lowest BCUT2D eigenvalue weighted by atomic mass is 10.1. The molecule has 0 aromatic carbocycles. The highest BCUT2D eigenvalue weighted by Crippen LogP contribution is 2.13. The average molecular weight is 200 g/mol. The monoisotopic (exact) mass is 200 g/mol. The van der Waals surface area contributed by atoms with E-state index in [1.54, 1.807) is 5.51 Å². The van der Waals surface area contributed by atoms with Crippen LogP contribution in [0.4, 0.5) is 5.13 Å². The highest BCUT2D eigenvalue weighted by Gasteiger charge is 2.20. The molecule has 1 rings (SSSR count). The fourth-order valence-corrected chi connectivity index (χ4v) is 1.14. The van der Waals surface area contributed by atoms with Gasteiger partial charge < -0.3 is 10.2 Å². The van der Waals surface area contributed by atoms with E-state index in [4.69, 9.17) is 0 Å². The van der Waals surface area contributed by atoms with E-state index in [0.29, 0.717) is 0 Å². The summed E-state index contributed by atoms with van der Waals surface area (Å²) in [6.45, 7) is 5.23. The molecule has 0 radical (unpaired) electrons. The molecule has 74 valence electrons. The molecule has 0 aliphatic rings. The standard InChI is InChI=1S/C8H16N4S/c1-8(2,12(3)4)5-9-7-11-10-6-13-7/h6H,5H2,1-4H3,(H,9,11). The third-order valence-corrected chi connectivity index (χ3v) is 2.89. The molecular weight excluding hydrogens is 184 g/mol. The van der Waals surface area contributed by atoms with Gasteiger partial charge in [0, 0.05) is 12.1 Å². The van der Waals surface area contributed by atoms with Gasteiger partial charge in [0.25, 0.3) is 0 Å². The Morgan fingerprint density at radius 2 is 2.23 bits per heavy atom. The van der Waals surface area contributed by atoms with Gasteiger partial charge in [0.15, 0.2) is 0 Å². The number of nitrogens with one attached hydrogen (secondary N) is 1. The second-order valence-corrected chi connectivity index (χ2v) is 4.64. The third-order valence-electron chi connectivity index (χ3n) is 2.24. The number of aromatic nitrogens is 2. The number of likely N-dealkylation sites (N-methyl/N-ethyl adjacent to an activating group) is 1. The number of nitrogens with zero attached hydrogens (tertiary/aromatic N) is 3. The first kappa shape index (κ1) is 10.4. The summed E-state index contributed by atoms with van der Waals surface area (Å²) in [6.07, 6.45) is 0. The predicted molar refractivity (Wildman–Crippen MR) is 56.2 cm³/mol. The molecule has 13 heavy (non-hydrogen) atoms. The first-order valence-electron chi connectivity index (χ1n) is 4.20. The van der Waals surface area contributed by atoms with Crippen LogP contribution in [-0.4, -0.2) is 41.3 Å². The van der Waals surface area contributed by atoms with Crippen molar-refractivity contribution in [3.05, 3.63) is 5.51 Å². The summed E-state index contributed by atoms with van der Waals surface area (Å²) >= 11 is 1.52. The second-order valence-electron chi connectivity index (χ2n) is 3.80. The van der Waals surface area contributed by atoms with Crippen molar-refractivity contribution in [3.8, 4) is 0 Å². The van der Waals surface area contributed by atoms with Crippen molar-refractivity contribution in [2.75, 3.05) is 26.0 Å². The summed E-state index contributed by atoms with van der Waals surface area (Å²) in [6, 6.07) is 0. The Balaban J connectivity index is 2.42. The van der Waals surface area contributed by atoms with Gasteiger partial charge in [-0.05, 0) is 27.9 Å². The lowest BCUT2D eigenvalue weighted by Gasteiger charge is -2.32. The molecule has 1 heterocycles. The van der Waals surface area contributed by atoms with Crippen LogP contribution in [0, 0.1) is 0 Å². The van der Waals surface area contributed by atoms with Gasteiger partial charge in [-0.3, -0.25) is 0 Å². The van der Waals surface area contributed by atoms with E-state index in [2.05, 4.69) is 48.4 Å². The maximum atomic E-state index is 3.92. The zero-order valence-corrected chi connectivity index (χ0v) is 9.35. The third kappa shape index (κ3) is 2.93. The van der Waals surface area contributed by atoms with Crippen LogP contribution >= 0.6 is 11.3 Å². The van der Waals surface area contributed by atoms with E-state index < -0.39 is 0 Å². The van der Waals surface area contributed by atoms with E-state index in [0.717, 1.165) is 11.7 Å². The topological polar surface area (TPSA) is 41.0 Å². The zero-order valence-electron chi connectivity index (χ0n) is 8.53. The molecule has 0 unspecified atom stereocenters. The van der Waals surface area contributed by atoms with Crippen LogP contribution in [0.5, 0.6) is 0 Å². The van der Waals surface area contributed by atoms with Gasteiger partial charge in [-0.25, -0.2) is 0 Å². The van der Waals surface area contributed by atoms with Crippen LogP contribution < -0.4 is 5.32 Å². The second kappa shape index (κ2) is 4.02. The summed E-state index contributed by atoms with van der Waals surface area (Å²) in [5.41, 5.74) is 1.86. The van der Waals surface area contributed by atoms with Gasteiger partial charge in [0.1, 0.15) is 5.51 Å². The van der Waals surface area contributed by atoms with Gasteiger partial charge in [0.2, 0.25) is 5.13 Å². The highest BCUT2D eigenvalue weighted by atomic mass is 32.1. The number of rotatable bonds is 4. The molecule has 0 saturated heterocycles. The van der Waals surface area contributed by atoms with Crippen molar-refractivity contribution in [1.29, 1.82) is 0 Å². The highest BCUT2D eigenvalue weighted by molar-refractivity contribution is 7.13. The molecule has 0 saturated carbocycles. The molecule has 0 atom stereocenters. The molecule has 1 aromatic rings. The maximum Gasteiger partial charge on any atom is 0.205 e. The van der Waals surface area contributed by atoms with Gasteiger partial charge >= 0.3 is 0 Å². The van der Waals surface area contributed by atoms with Gasteiger partial charge in [0.05, 0.1) is 0 Å². The Morgan fingerprint density at radius 1 is 1.54 bits per heavy atom. The summed E-state index contributed by atoms with van der Waals surface area (Å²) in [4.78, 5) is 2.18. The molecule has 0 aliphatic carbocycles. The molecule has 0 aliphatic heterocycles. The van der Waals surface area contributed by atoms with Crippen LogP contribution in [0.2, 0.25) is 0 Å². The predicted octanol–water partition coefficient (Wildman–Crippen LogP) is 1.29. The van der Waals surface area contributed by atoms with E-state index in [1.807, 2.05) is 0 Å². The summed E-state index contributed by atoms with van der Waals surface area (Å²) in [5, 5.41) is 11.8. The minimum atomic E-state index is 0.131. The summed E-state index contributed by atoms with van der Waals surface area (Å²) < 4.78 is 0. The smallest absolute Gasteiger partial charge is 0.205 e. The Labute approximate surface area is 83.0 Å². The molecule has 4 nitrogen and oxygen atoms in total. The van der Waals surface area contributed by atoms with Crippen molar-refractivity contribution >= 4 is 16.5 Å². The molecule has 0 amide bonds. The Kier molecular flexibility index (Phi) is 3.22. The minimum Gasteiger partial charge on any atom is -0.358 e. The van der Waals surface area contributed by atoms with Crippen molar-refractivity contribution in [2.45, 2.75) is 19.4 Å². The van der Waals surface area contributed by atoms with Crippen LogP contribution in [-0.2, 0) is 0 Å². The summed E-state index contributed by atoms with van der Waals surface area (Å²) in [7, 11) is 4.14. The lowest BCUT2D eigenvalue weighted by Crippen LogP contribution is -2.44. The SMILES string of the molecule is CN(C)C(C)(C)CNc1nncs1. The van der Waals surface area contributed by atoms with Crippen molar-refractivity contribution in [2.24, 2.45) is 0 Å². The molecule has 5 heteroatoms. The number of hydrogen-bond donors (Lipinski definition) is 1. The fourth-order valence-electron chi connectivity index (χ4n) is 0.700. The van der Waals surface area contributed by atoms with Gasteiger partial charge in [-0.2, -0.15) is 0 Å². The van der Waals surface area contributed by atoms with Crippen LogP contribution in [0.15, 0.2) is 5.51 Å². The quantitative estimate of drug-likeness (QED) is 0.795. The van der Waals surface area contributed by atoms with Crippen LogP contribution in [0.3, 0.4) is 0 Å². The number of hydrogen-bond acceptors (Lipinski definition) is 5. The fraction of sp³-hybridized carbons (Fsp3) is 0.750. The molecule has 1 N–H and O–H groups in total. The van der Waals surface area contributed by atoms with Crippen molar-refractivity contribution in [1.82, 2.24) is 15.1 Å². The summed E-state index contributed by atoms with van der Waals surface area (Å²) in [5.74, 6) is 0. The molecule has 0 spiro atoms. The van der Waals surface area contributed by atoms with E-state index in [-0.39, 0.29) is 5.54 Å². The first-order chi connectivity index (χ1) is 6.02. The van der Waals surface area contributed by atoms with Crippen LogP contribution in [0.25, 0.3) is 0 Å². The number of anilines is 1. The van der Waals surface area contributed by atoms with E-state index in [9.17, 15) is 0 Å². The molecule has 0 fully saturated rings. The van der Waals surface area contributed by atoms with E-state index in [1.165, 1.54) is 11.3 Å². The lowest BCUT2D eigenvalue weighted by molar-refractivity contribution is 0.210. The zero-order chi connectivity index (χ0) is 9.90. The molecular formula is C8H16N4S. The van der Waals surface area contributed by atoms with Crippen molar-refractivity contribution < 1.29 is 0 Å². The molecule has 0 bridgehead atoms. The largest absolute Gasteiger partial charge is 0.358 e.